The van der Waals surface area contributed by atoms with Crippen molar-refractivity contribution in [2.45, 2.75) is 32.1 Å². The maximum atomic E-state index is 13.2. The molecule has 3 aromatic rings. The number of para-hydroxylation sites is 2. The van der Waals surface area contributed by atoms with Gasteiger partial charge in [-0.1, -0.05) is 54.2 Å². The smallest absolute Gasteiger partial charge is 0.243 e. The van der Waals surface area contributed by atoms with Crippen LogP contribution in [0.25, 0.3) is 0 Å². The lowest BCUT2D eigenvalue weighted by molar-refractivity contribution is -0.128. The Morgan fingerprint density at radius 3 is 2.44 bits per heavy atom. The van der Waals surface area contributed by atoms with Crippen LogP contribution in [0.2, 0.25) is 0 Å². The number of aryl methyl sites for hydroxylation is 2. The Labute approximate surface area is 191 Å². The van der Waals surface area contributed by atoms with Crippen molar-refractivity contribution in [3.8, 4) is 0 Å². The Morgan fingerprint density at radius 1 is 1.03 bits per heavy atom. The zero-order valence-electron chi connectivity index (χ0n) is 18.0. The molecule has 1 N–H and O–H groups in total. The molecule has 0 aliphatic carbocycles. The number of amides is 2. The van der Waals surface area contributed by atoms with Gasteiger partial charge < -0.3 is 5.32 Å². The first kappa shape index (κ1) is 21.8. The van der Waals surface area contributed by atoms with Crippen molar-refractivity contribution in [2.24, 2.45) is 4.99 Å². The fourth-order valence-electron chi connectivity index (χ4n) is 3.51. The van der Waals surface area contributed by atoms with Crippen LogP contribution in [0.5, 0.6) is 0 Å². The summed E-state index contributed by atoms with van der Waals surface area (Å²) < 4.78 is 0. The van der Waals surface area contributed by atoms with Gasteiger partial charge in [-0.3, -0.25) is 19.5 Å². The van der Waals surface area contributed by atoms with E-state index in [1.165, 1.54) is 11.8 Å². The van der Waals surface area contributed by atoms with E-state index in [2.05, 4.69) is 15.3 Å². The molecule has 162 valence electrons. The minimum Gasteiger partial charge on any atom is -0.326 e. The van der Waals surface area contributed by atoms with Crippen LogP contribution in [-0.2, 0) is 16.1 Å². The second-order valence-electron chi connectivity index (χ2n) is 7.60. The van der Waals surface area contributed by atoms with E-state index in [4.69, 9.17) is 0 Å². The van der Waals surface area contributed by atoms with Crippen LogP contribution in [0.3, 0.4) is 0 Å². The fourth-order valence-corrected chi connectivity index (χ4v) is 4.66. The van der Waals surface area contributed by atoms with E-state index in [-0.39, 0.29) is 18.2 Å². The zero-order valence-corrected chi connectivity index (χ0v) is 18.8. The first-order chi connectivity index (χ1) is 15.5. The highest BCUT2D eigenvalue weighted by atomic mass is 32.2. The summed E-state index contributed by atoms with van der Waals surface area (Å²) >= 11 is 1.33. The minimum atomic E-state index is -0.537. The summed E-state index contributed by atoms with van der Waals surface area (Å²) in [4.78, 5) is 36.7. The van der Waals surface area contributed by atoms with Crippen LogP contribution in [-0.4, -0.2) is 32.1 Å². The predicted molar refractivity (Wildman–Crippen MR) is 129 cm³/mol. The number of anilines is 1. The van der Waals surface area contributed by atoms with E-state index < -0.39 is 5.25 Å². The van der Waals surface area contributed by atoms with Gasteiger partial charge in [-0.25, -0.2) is 4.99 Å². The quantitative estimate of drug-likeness (QED) is 0.589. The molecule has 4 rings (SSSR count). The maximum absolute atomic E-state index is 13.2. The Hall–Kier alpha value is -3.45. The average molecular weight is 445 g/mol. The number of pyridine rings is 1. The molecule has 0 saturated carbocycles. The molecule has 1 unspecified atom stereocenters. The van der Waals surface area contributed by atoms with Gasteiger partial charge in [0.2, 0.25) is 11.8 Å². The molecular weight excluding hydrogens is 420 g/mol. The minimum absolute atomic E-state index is 0.0732. The van der Waals surface area contributed by atoms with Gasteiger partial charge >= 0.3 is 0 Å². The molecule has 2 heterocycles. The molecule has 2 amide bonds. The lowest BCUT2D eigenvalue weighted by Gasteiger charge is -2.16. The number of hydrogen-bond acceptors (Lipinski definition) is 5. The zero-order chi connectivity index (χ0) is 22.5. The van der Waals surface area contributed by atoms with E-state index in [9.17, 15) is 9.59 Å². The number of rotatable bonds is 6. The molecule has 1 aliphatic rings. The number of aromatic nitrogens is 1. The Balaban J connectivity index is 1.54. The van der Waals surface area contributed by atoms with Crippen molar-refractivity contribution in [1.82, 2.24) is 9.88 Å². The van der Waals surface area contributed by atoms with Gasteiger partial charge in [-0.2, -0.15) is 0 Å². The van der Waals surface area contributed by atoms with Gasteiger partial charge in [0.25, 0.3) is 0 Å². The monoisotopic (exact) mass is 444 g/mol. The number of nitrogens with one attached hydrogen (secondary N) is 1. The van der Waals surface area contributed by atoms with Crippen molar-refractivity contribution in [2.75, 3.05) is 5.32 Å². The van der Waals surface area contributed by atoms with E-state index in [1.807, 2.05) is 80.6 Å². The third-order valence-corrected chi connectivity index (χ3v) is 6.34. The Morgan fingerprint density at radius 2 is 1.75 bits per heavy atom. The number of benzene rings is 2. The van der Waals surface area contributed by atoms with Crippen LogP contribution < -0.4 is 5.32 Å². The van der Waals surface area contributed by atoms with Crippen LogP contribution in [0, 0.1) is 13.8 Å². The molecule has 1 aromatic heterocycles. The van der Waals surface area contributed by atoms with E-state index in [0.717, 1.165) is 28.2 Å². The van der Waals surface area contributed by atoms with Gasteiger partial charge in [0.15, 0.2) is 5.17 Å². The van der Waals surface area contributed by atoms with Gasteiger partial charge in [0.05, 0.1) is 17.9 Å². The topological polar surface area (TPSA) is 74.7 Å². The van der Waals surface area contributed by atoms with Gasteiger partial charge in [0.1, 0.15) is 5.25 Å². The van der Waals surface area contributed by atoms with Crippen LogP contribution >= 0.6 is 11.8 Å². The molecule has 1 atom stereocenters. The predicted octanol–water partition coefficient (Wildman–Crippen LogP) is 4.86. The maximum Gasteiger partial charge on any atom is 0.243 e. The standard InChI is InChI=1S/C25H24N4O2S/c1-17-9-8-10-18(2)23(17)28-22(30)15-21-24(31)29(16-20-13-6-7-14-26-20)25(32-21)27-19-11-4-3-5-12-19/h3-14,21H,15-16H2,1-2H3,(H,28,30). The molecule has 1 aliphatic heterocycles. The molecule has 6 nitrogen and oxygen atoms in total. The number of thioether (sulfide) groups is 1. The molecule has 1 fully saturated rings. The second kappa shape index (κ2) is 9.78. The SMILES string of the molecule is Cc1cccc(C)c1NC(=O)CC1SC(=Nc2ccccc2)N(Cc2ccccn2)C1=O. The molecule has 0 radical (unpaired) electrons. The molecule has 1 saturated heterocycles. The summed E-state index contributed by atoms with van der Waals surface area (Å²) in [5.41, 5.74) is 4.31. The van der Waals surface area contributed by atoms with Crippen LogP contribution in [0.4, 0.5) is 11.4 Å². The average Bonchev–Trinajstić information content (AvgIpc) is 3.06. The highest BCUT2D eigenvalue weighted by molar-refractivity contribution is 8.15. The van der Waals surface area contributed by atoms with E-state index in [1.54, 1.807) is 11.1 Å². The van der Waals surface area contributed by atoms with Gasteiger partial charge in [-0.15, -0.1) is 0 Å². The third-order valence-electron chi connectivity index (χ3n) is 5.16. The van der Waals surface area contributed by atoms with Crippen molar-refractivity contribution in [1.29, 1.82) is 0 Å². The summed E-state index contributed by atoms with van der Waals surface area (Å²) in [6.45, 7) is 4.22. The van der Waals surface area contributed by atoms with E-state index in [0.29, 0.717) is 11.7 Å². The van der Waals surface area contributed by atoms with Crippen LogP contribution in [0.15, 0.2) is 77.9 Å². The fraction of sp³-hybridized carbons (Fsp3) is 0.200. The summed E-state index contributed by atoms with van der Waals surface area (Å²) in [6.07, 6.45) is 1.77. The lowest BCUT2D eigenvalue weighted by Crippen LogP contribution is -2.33. The summed E-state index contributed by atoms with van der Waals surface area (Å²) in [5.74, 6) is -0.320. The highest BCUT2D eigenvalue weighted by Crippen LogP contribution is 2.33. The Bertz CT molecular complexity index is 1130. The number of carbonyl (C=O) groups is 2. The van der Waals surface area contributed by atoms with Crippen molar-refractivity contribution in [3.63, 3.8) is 0 Å². The molecular formula is C25H24N4O2S. The van der Waals surface area contributed by atoms with Crippen molar-refractivity contribution in [3.05, 3.63) is 89.7 Å². The number of hydrogen-bond donors (Lipinski definition) is 1. The molecule has 0 bridgehead atoms. The largest absolute Gasteiger partial charge is 0.326 e. The normalized spacial score (nSPS) is 17.1. The lowest BCUT2D eigenvalue weighted by atomic mass is 10.1. The highest BCUT2D eigenvalue weighted by Gasteiger charge is 2.39. The summed E-state index contributed by atoms with van der Waals surface area (Å²) in [5, 5.41) is 3.02. The number of amidine groups is 1. The second-order valence-corrected chi connectivity index (χ2v) is 8.77. The first-order valence-corrected chi connectivity index (χ1v) is 11.3. The van der Waals surface area contributed by atoms with E-state index >= 15 is 0 Å². The van der Waals surface area contributed by atoms with Crippen molar-refractivity contribution < 1.29 is 9.59 Å². The number of nitrogens with zero attached hydrogens (tertiary/aromatic N) is 3. The molecule has 0 spiro atoms. The number of aliphatic imine (C=N–C) groups is 1. The molecule has 32 heavy (non-hydrogen) atoms. The van der Waals surface area contributed by atoms with Gasteiger partial charge in [0, 0.05) is 18.3 Å². The molecule has 2 aromatic carbocycles. The molecule has 7 heteroatoms. The van der Waals surface area contributed by atoms with Crippen LogP contribution in [0.1, 0.15) is 23.2 Å². The number of carbonyl (C=O) groups excluding carboxylic acids is 2. The Kier molecular flexibility index (Phi) is 6.66. The van der Waals surface area contributed by atoms with Gasteiger partial charge in [-0.05, 0) is 49.2 Å². The summed E-state index contributed by atoms with van der Waals surface area (Å²) in [7, 11) is 0. The van der Waals surface area contributed by atoms with Crippen molar-refractivity contribution >= 4 is 40.1 Å². The summed E-state index contributed by atoms with van der Waals surface area (Å²) in [6, 6.07) is 21.0. The third kappa shape index (κ3) is 5.06. The first-order valence-electron chi connectivity index (χ1n) is 10.4.